The molecule has 0 amide bonds. The third-order valence-corrected chi connectivity index (χ3v) is 4.45. The fourth-order valence-corrected chi connectivity index (χ4v) is 3.26. The second-order valence-electron chi connectivity index (χ2n) is 5.81. The molecule has 1 heterocycles. The second-order valence-corrected chi connectivity index (χ2v) is 5.81. The molecule has 0 saturated carbocycles. The summed E-state index contributed by atoms with van der Waals surface area (Å²) in [6.45, 7) is 0. The minimum absolute atomic E-state index is 0.00192. The van der Waals surface area contributed by atoms with E-state index in [2.05, 4.69) is 11.4 Å². The highest BCUT2D eigenvalue weighted by atomic mass is 16.5. The van der Waals surface area contributed by atoms with Crippen LogP contribution in [0.15, 0.2) is 60.7 Å². The molecule has 0 spiro atoms. The molecule has 0 bridgehead atoms. The highest BCUT2D eigenvalue weighted by Gasteiger charge is 2.27. The molecule has 1 N–H and O–H groups in total. The smallest absolute Gasteiger partial charge is 0.167 e. The van der Waals surface area contributed by atoms with E-state index in [9.17, 15) is 4.79 Å². The van der Waals surface area contributed by atoms with Crippen LogP contribution in [-0.4, -0.2) is 12.9 Å². The Balaban J connectivity index is 1.74. The van der Waals surface area contributed by atoms with Crippen molar-refractivity contribution in [2.75, 3.05) is 12.4 Å². The van der Waals surface area contributed by atoms with Gasteiger partial charge in [0.15, 0.2) is 5.78 Å². The standard InChI is InChI=1S/C20H17NO2/c1-23-15-9-6-14(7-10-15)18-12-19(22)20-16-5-3-2-4-13(16)8-11-17(20)21-18/h2-11,18,21H,12H2,1H3/t18-/m1/s1. The molecule has 3 nitrogen and oxygen atoms in total. The first-order chi connectivity index (χ1) is 11.3. The summed E-state index contributed by atoms with van der Waals surface area (Å²) >= 11 is 0. The average Bonchev–Trinajstić information content (AvgIpc) is 2.61. The number of hydrogen-bond donors (Lipinski definition) is 1. The monoisotopic (exact) mass is 303 g/mol. The molecule has 1 atom stereocenters. The lowest BCUT2D eigenvalue weighted by Crippen LogP contribution is -2.23. The van der Waals surface area contributed by atoms with Gasteiger partial charge in [0.05, 0.1) is 13.2 Å². The Bertz CT molecular complexity index is 884. The number of ether oxygens (including phenoxy) is 1. The van der Waals surface area contributed by atoms with Gasteiger partial charge < -0.3 is 10.1 Å². The fraction of sp³-hybridized carbons (Fsp3) is 0.150. The van der Waals surface area contributed by atoms with Crippen LogP contribution in [0.25, 0.3) is 10.8 Å². The van der Waals surface area contributed by atoms with Gasteiger partial charge in [0.1, 0.15) is 5.75 Å². The van der Waals surface area contributed by atoms with Gasteiger partial charge in [0.2, 0.25) is 0 Å². The van der Waals surface area contributed by atoms with Crippen molar-refractivity contribution in [1.82, 2.24) is 0 Å². The number of Topliss-reactive ketones (excluding diaryl/α,β-unsaturated/α-hetero) is 1. The summed E-state index contributed by atoms with van der Waals surface area (Å²) in [5.74, 6) is 1.01. The van der Waals surface area contributed by atoms with Crippen LogP contribution in [0.1, 0.15) is 28.4 Å². The van der Waals surface area contributed by atoms with Crippen molar-refractivity contribution in [3.05, 3.63) is 71.8 Å². The highest BCUT2D eigenvalue weighted by Crippen LogP contribution is 2.36. The average molecular weight is 303 g/mol. The summed E-state index contributed by atoms with van der Waals surface area (Å²) in [4.78, 5) is 12.7. The Morgan fingerprint density at radius 3 is 2.57 bits per heavy atom. The molecule has 114 valence electrons. The van der Waals surface area contributed by atoms with E-state index in [-0.39, 0.29) is 11.8 Å². The van der Waals surface area contributed by atoms with Crippen LogP contribution in [0.5, 0.6) is 5.75 Å². The number of hydrogen-bond acceptors (Lipinski definition) is 3. The molecule has 0 fully saturated rings. The number of anilines is 1. The first-order valence-corrected chi connectivity index (χ1v) is 7.72. The minimum atomic E-state index is 0.00192. The van der Waals surface area contributed by atoms with Crippen molar-refractivity contribution in [2.45, 2.75) is 12.5 Å². The lowest BCUT2D eigenvalue weighted by molar-refractivity contribution is 0.0974. The molecular formula is C20H17NO2. The topological polar surface area (TPSA) is 38.3 Å². The Hall–Kier alpha value is -2.81. The summed E-state index contributed by atoms with van der Waals surface area (Å²) in [5, 5.41) is 5.64. The molecule has 1 aliphatic rings. The number of benzene rings is 3. The number of nitrogens with one attached hydrogen (secondary N) is 1. The zero-order valence-corrected chi connectivity index (χ0v) is 12.9. The van der Waals surface area contributed by atoms with E-state index >= 15 is 0 Å². The third kappa shape index (κ3) is 2.34. The Labute approximate surface area is 134 Å². The maximum atomic E-state index is 12.7. The van der Waals surface area contributed by atoms with Crippen LogP contribution in [0.2, 0.25) is 0 Å². The van der Waals surface area contributed by atoms with Gasteiger partial charge in [0, 0.05) is 17.7 Å². The fourth-order valence-electron chi connectivity index (χ4n) is 3.26. The lowest BCUT2D eigenvalue weighted by atomic mass is 9.89. The van der Waals surface area contributed by atoms with Gasteiger partial charge in [-0.3, -0.25) is 4.79 Å². The number of rotatable bonds is 2. The molecular weight excluding hydrogens is 286 g/mol. The molecule has 0 unspecified atom stereocenters. The number of ketones is 1. The van der Waals surface area contributed by atoms with Gasteiger partial charge >= 0.3 is 0 Å². The molecule has 0 aromatic heterocycles. The van der Waals surface area contributed by atoms with Crippen LogP contribution >= 0.6 is 0 Å². The summed E-state index contributed by atoms with van der Waals surface area (Å²) in [6.07, 6.45) is 0.466. The summed E-state index contributed by atoms with van der Waals surface area (Å²) in [5.41, 5.74) is 2.83. The first-order valence-electron chi connectivity index (χ1n) is 7.72. The summed E-state index contributed by atoms with van der Waals surface area (Å²) in [6, 6.07) is 20.0. The van der Waals surface area contributed by atoms with E-state index < -0.39 is 0 Å². The van der Waals surface area contributed by atoms with Gasteiger partial charge in [-0.2, -0.15) is 0 Å². The van der Waals surface area contributed by atoms with Crippen molar-refractivity contribution in [3.8, 4) is 5.75 Å². The molecule has 4 rings (SSSR count). The van der Waals surface area contributed by atoms with Gasteiger partial charge in [-0.05, 0) is 34.5 Å². The first kappa shape index (κ1) is 13.8. The molecule has 3 heteroatoms. The molecule has 23 heavy (non-hydrogen) atoms. The number of fused-ring (bicyclic) bond motifs is 3. The van der Waals surface area contributed by atoms with E-state index in [1.165, 1.54) is 0 Å². The molecule has 0 radical (unpaired) electrons. The largest absolute Gasteiger partial charge is 0.497 e. The minimum Gasteiger partial charge on any atom is -0.497 e. The Kier molecular flexibility index (Phi) is 3.27. The number of carbonyl (C=O) groups excluding carboxylic acids is 1. The maximum absolute atomic E-state index is 12.7. The van der Waals surface area contributed by atoms with Crippen LogP contribution in [0, 0.1) is 0 Å². The maximum Gasteiger partial charge on any atom is 0.167 e. The third-order valence-electron chi connectivity index (χ3n) is 4.45. The quantitative estimate of drug-likeness (QED) is 0.752. The second kappa shape index (κ2) is 5.43. The van der Waals surface area contributed by atoms with Crippen molar-refractivity contribution in [2.24, 2.45) is 0 Å². The SMILES string of the molecule is COc1ccc([C@H]2CC(=O)c3c(ccc4ccccc34)N2)cc1. The predicted octanol–water partition coefficient (Wildman–Crippen LogP) is 4.59. The predicted molar refractivity (Wildman–Crippen MR) is 92.3 cm³/mol. The van der Waals surface area contributed by atoms with Gasteiger partial charge in [-0.15, -0.1) is 0 Å². The zero-order valence-electron chi connectivity index (χ0n) is 12.9. The van der Waals surface area contributed by atoms with E-state index in [1.807, 2.05) is 54.6 Å². The molecule has 3 aromatic rings. The molecule has 1 aliphatic heterocycles. The number of carbonyl (C=O) groups is 1. The van der Waals surface area contributed by atoms with Crippen molar-refractivity contribution in [3.63, 3.8) is 0 Å². The van der Waals surface area contributed by atoms with E-state index in [0.29, 0.717) is 6.42 Å². The van der Waals surface area contributed by atoms with Gasteiger partial charge in [-0.25, -0.2) is 0 Å². The summed E-state index contributed by atoms with van der Waals surface area (Å²) in [7, 11) is 1.65. The van der Waals surface area contributed by atoms with Gasteiger partial charge in [-0.1, -0.05) is 42.5 Å². The van der Waals surface area contributed by atoms with Crippen molar-refractivity contribution >= 4 is 22.2 Å². The highest BCUT2D eigenvalue weighted by molar-refractivity contribution is 6.14. The van der Waals surface area contributed by atoms with Crippen molar-refractivity contribution < 1.29 is 9.53 Å². The number of methoxy groups -OCH3 is 1. The van der Waals surface area contributed by atoms with E-state index in [0.717, 1.165) is 33.3 Å². The van der Waals surface area contributed by atoms with Crippen LogP contribution in [-0.2, 0) is 0 Å². The lowest BCUT2D eigenvalue weighted by Gasteiger charge is -2.27. The normalized spacial score (nSPS) is 16.7. The van der Waals surface area contributed by atoms with E-state index in [4.69, 9.17) is 4.74 Å². The molecule has 0 aliphatic carbocycles. The van der Waals surface area contributed by atoms with Crippen LogP contribution in [0.4, 0.5) is 5.69 Å². The summed E-state index contributed by atoms with van der Waals surface area (Å²) < 4.78 is 5.19. The Morgan fingerprint density at radius 2 is 1.78 bits per heavy atom. The molecule has 3 aromatic carbocycles. The van der Waals surface area contributed by atoms with Gasteiger partial charge in [0.25, 0.3) is 0 Å². The Morgan fingerprint density at radius 1 is 1.00 bits per heavy atom. The van der Waals surface area contributed by atoms with Crippen molar-refractivity contribution in [1.29, 1.82) is 0 Å². The van der Waals surface area contributed by atoms with Crippen LogP contribution < -0.4 is 10.1 Å². The zero-order chi connectivity index (χ0) is 15.8. The van der Waals surface area contributed by atoms with Crippen LogP contribution in [0.3, 0.4) is 0 Å². The molecule has 0 saturated heterocycles. The van der Waals surface area contributed by atoms with E-state index in [1.54, 1.807) is 7.11 Å².